The number of aliphatic hydroxyl groups is 1. The highest BCUT2D eigenvalue weighted by Crippen LogP contribution is 2.34. The summed E-state index contributed by atoms with van der Waals surface area (Å²) in [5.41, 5.74) is 2.12. The van der Waals surface area contributed by atoms with Gasteiger partial charge in [-0.05, 0) is 35.7 Å². The molecule has 0 aromatic heterocycles. The first-order valence-corrected chi connectivity index (χ1v) is 10.9. The third-order valence-electron chi connectivity index (χ3n) is 5.69. The minimum absolute atomic E-state index is 0. The van der Waals surface area contributed by atoms with Crippen LogP contribution < -0.4 is 19.1 Å². The van der Waals surface area contributed by atoms with E-state index in [1.807, 2.05) is 36.4 Å². The fourth-order valence-electron chi connectivity index (χ4n) is 3.95. The van der Waals surface area contributed by atoms with Crippen LogP contribution in [0.5, 0.6) is 17.2 Å². The molecule has 3 rings (SSSR count). The summed E-state index contributed by atoms with van der Waals surface area (Å²) >= 11 is 0. The molecular formula is C25H38Cl2N2O4. The lowest BCUT2D eigenvalue weighted by Crippen LogP contribution is -2.49. The predicted octanol–water partition coefficient (Wildman–Crippen LogP) is 4.41. The van der Waals surface area contributed by atoms with Gasteiger partial charge in [0.1, 0.15) is 30.0 Å². The largest absolute Gasteiger partial charge is 0.497 e. The van der Waals surface area contributed by atoms with Crippen LogP contribution in [0.2, 0.25) is 0 Å². The third-order valence-corrected chi connectivity index (χ3v) is 5.69. The highest BCUT2D eigenvalue weighted by atomic mass is 35.5. The molecule has 2 aromatic carbocycles. The quantitative estimate of drug-likeness (QED) is 0.579. The molecule has 0 aliphatic carbocycles. The van der Waals surface area contributed by atoms with Crippen molar-refractivity contribution < 1.29 is 19.3 Å². The standard InChI is InChI=1S/C25H36N2O4.2ClH/c1-25(2,3)21-16-20(29-4)10-11-23(21)31-18-19(28)17-26-12-14-27(15-13-26)22-8-6-7-9-24(22)30-5;;/h6-11,16,19,28H,12-15,17-18H2,1-5H3;2*1H. The number of hydrogen-bond donors (Lipinski definition) is 1. The summed E-state index contributed by atoms with van der Waals surface area (Å²) in [6, 6.07) is 14.0. The Balaban J connectivity index is 0.00000272. The second kappa shape index (κ2) is 13.1. The molecule has 1 aliphatic heterocycles. The van der Waals surface area contributed by atoms with Crippen LogP contribution >= 0.6 is 24.8 Å². The van der Waals surface area contributed by atoms with Gasteiger partial charge >= 0.3 is 0 Å². The fraction of sp³-hybridized carbons (Fsp3) is 0.520. The fourth-order valence-corrected chi connectivity index (χ4v) is 3.95. The molecule has 1 heterocycles. The number of nitrogens with zero attached hydrogens (tertiary/aromatic N) is 2. The highest BCUT2D eigenvalue weighted by Gasteiger charge is 2.23. The minimum atomic E-state index is -0.548. The van der Waals surface area contributed by atoms with Gasteiger partial charge in [-0.3, -0.25) is 4.90 Å². The molecule has 33 heavy (non-hydrogen) atoms. The van der Waals surface area contributed by atoms with Gasteiger partial charge in [0.2, 0.25) is 0 Å². The molecule has 1 N–H and O–H groups in total. The zero-order valence-electron chi connectivity index (χ0n) is 20.2. The molecular weight excluding hydrogens is 463 g/mol. The topological polar surface area (TPSA) is 54.4 Å². The Bertz CT molecular complexity index is 853. The molecule has 1 fully saturated rings. The lowest BCUT2D eigenvalue weighted by Gasteiger charge is -2.37. The van der Waals surface area contributed by atoms with E-state index in [2.05, 4.69) is 36.6 Å². The van der Waals surface area contributed by atoms with Crippen molar-refractivity contribution >= 4 is 30.5 Å². The number of aliphatic hydroxyl groups excluding tert-OH is 1. The van der Waals surface area contributed by atoms with Crippen LogP contribution in [0.1, 0.15) is 26.3 Å². The maximum Gasteiger partial charge on any atom is 0.142 e. The van der Waals surface area contributed by atoms with Crippen LogP contribution in [-0.4, -0.2) is 69.7 Å². The van der Waals surface area contributed by atoms with Gasteiger partial charge in [-0.15, -0.1) is 24.8 Å². The lowest BCUT2D eigenvalue weighted by atomic mass is 9.86. The molecule has 0 amide bonds. The van der Waals surface area contributed by atoms with Crippen LogP contribution in [0.25, 0.3) is 0 Å². The van der Waals surface area contributed by atoms with E-state index >= 15 is 0 Å². The minimum Gasteiger partial charge on any atom is -0.497 e. The van der Waals surface area contributed by atoms with Crippen LogP contribution in [0.4, 0.5) is 5.69 Å². The van der Waals surface area contributed by atoms with Crippen molar-refractivity contribution in [1.29, 1.82) is 0 Å². The summed E-state index contributed by atoms with van der Waals surface area (Å²) in [5, 5.41) is 10.6. The lowest BCUT2D eigenvalue weighted by molar-refractivity contribution is 0.0656. The highest BCUT2D eigenvalue weighted by molar-refractivity contribution is 5.85. The zero-order valence-corrected chi connectivity index (χ0v) is 21.9. The van der Waals surface area contributed by atoms with Crippen molar-refractivity contribution in [1.82, 2.24) is 4.90 Å². The average Bonchev–Trinajstić information content (AvgIpc) is 2.77. The summed E-state index contributed by atoms with van der Waals surface area (Å²) in [6.45, 7) is 10.9. The van der Waals surface area contributed by atoms with E-state index in [1.54, 1.807) is 14.2 Å². The number of para-hydroxylation sites is 2. The number of rotatable bonds is 8. The van der Waals surface area contributed by atoms with Crippen molar-refractivity contribution in [2.24, 2.45) is 0 Å². The van der Waals surface area contributed by atoms with E-state index < -0.39 is 6.10 Å². The van der Waals surface area contributed by atoms with Gasteiger partial charge < -0.3 is 24.2 Å². The first kappa shape index (κ1) is 29.2. The van der Waals surface area contributed by atoms with Gasteiger partial charge in [-0.25, -0.2) is 0 Å². The van der Waals surface area contributed by atoms with E-state index in [4.69, 9.17) is 14.2 Å². The number of halogens is 2. The number of hydrogen-bond acceptors (Lipinski definition) is 6. The van der Waals surface area contributed by atoms with Gasteiger partial charge in [0, 0.05) is 38.3 Å². The van der Waals surface area contributed by atoms with Crippen LogP contribution in [0, 0.1) is 0 Å². The van der Waals surface area contributed by atoms with E-state index in [-0.39, 0.29) is 36.8 Å². The summed E-state index contributed by atoms with van der Waals surface area (Å²) in [6.07, 6.45) is -0.548. The molecule has 1 unspecified atom stereocenters. The Morgan fingerprint density at radius 3 is 2.18 bits per heavy atom. The van der Waals surface area contributed by atoms with E-state index in [9.17, 15) is 5.11 Å². The Morgan fingerprint density at radius 1 is 0.909 bits per heavy atom. The second-order valence-electron chi connectivity index (χ2n) is 9.04. The number of piperazine rings is 1. The van der Waals surface area contributed by atoms with Gasteiger partial charge in [-0.1, -0.05) is 32.9 Å². The Hall–Kier alpha value is -1.86. The molecule has 1 atom stereocenters. The number of β-amino-alcohol motifs (C(OH)–C–C–N with tert-alkyl or cyclic N) is 1. The number of benzene rings is 2. The first-order chi connectivity index (χ1) is 14.8. The monoisotopic (exact) mass is 500 g/mol. The van der Waals surface area contributed by atoms with Gasteiger partial charge in [-0.2, -0.15) is 0 Å². The smallest absolute Gasteiger partial charge is 0.142 e. The molecule has 0 radical (unpaired) electrons. The van der Waals surface area contributed by atoms with E-state index in [0.717, 1.165) is 54.7 Å². The predicted molar refractivity (Wildman–Crippen MR) is 139 cm³/mol. The van der Waals surface area contributed by atoms with Gasteiger partial charge in [0.25, 0.3) is 0 Å². The maximum atomic E-state index is 10.6. The maximum absolute atomic E-state index is 10.6. The number of methoxy groups -OCH3 is 2. The molecule has 8 heteroatoms. The van der Waals surface area contributed by atoms with E-state index in [1.165, 1.54) is 0 Å². The first-order valence-electron chi connectivity index (χ1n) is 10.9. The van der Waals surface area contributed by atoms with Crippen molar-refractivity contribution in [3.8, 4) is 17.2 Å². The molecule has 186 valence electrons. The number of ether oxygens (including phenoxy) is 3. The van der Waals surface area contributed by atoms with Crippen LogP contribution in [-0.2, 0) is 5.41 Å². The SMILES string of the molecule is COc1ccc(OCC(O)CN2CCN(c3ccccc3OC)CC2)c(C(C)(C)C)c1.Cl.Cl. The molecule has 1 saturated heterocycles. The second-order valence-corrected chi connectivity index (χ2v) is 9.04. The molecule has 6 nitrogen and oxygen atoms in total. The molecule has 1 aliphatic rings. The Labute approximate surface area is 210 Å². The van der Waals surface area contributed by atoms with Crippen molar-refractivity contribution in [3.63, 3.8) is 0 Å². The zero-order chi connectivity index (χ0) is 22.4. The molecule has 2 aromatic rings. The summed E-state index contributed by atoms with van der Waals surface area (Å²) < 4.78 is 16.9. The van der Waals surface area contributed by atoms with Crippen LogP contribution in [0.15, 0.2) is 42.5 Å². The Morgan fingerprint density at radius 2 is 1.58 bits per heavy atom. The summed E-state index contributed by atoms with van der Waals surface area (Å²) in [4.78, 5) is 4.63. The molecule has 0 bridgehead atoms. The molecule has 0 saturated carbocycles. The number of anilines is 1. The van der Waals surface area contributed by atoms with Gasteiger partial charge in [0.05, 0.1) is 19.9 Å². The Kier molecular flexibility index (Phi) is 11.6. The summed E-state index contributed by atoms with van der Waals surface area (Å²) in [7, 11) is 3.37. The van der Waals surface area contributed by atoms with Crippen LogP contribution in [0.3, 0.4) is 0 Å². The van der Waals surface area contributed by atoms with Crippen molar-refractivity contribution in [3.05, 3.63) is 48.0 Å². The summed E-state index contributed by atoms with van der Waals surface area (Å²) in [5.74, 6) is 2.51. The third kappa shape index (κ3) is 7.85. The van der Waals surface area contributed by atoms with E-state index in [0.29, 0.717) is 6.54 Å². The van der Waals surface area contributed by atoms with Crippen molar-refractivity contribution in [2.75, 3.05) is 58.5 Å². The molecule has 0 spiro atoms. The van der Waals surface area contributed by atoms with Gasteiger partial charge in [0.15, 0.2) is 0 Å². The normalized spacial score (nSPS) is 15.2. The van der Waals surface area contributed by atoms with Crippen molar-refractivity contribution in [2.45, 2.75) is 32.3 Å². The average molecular weight is 501 g/mol.